The lowest BCUT2D eigenvalue weighted by molar-refractivity contribution is -0.134. The molecular formula is C23H24N4O5. The first-order valence-corrected chi connectivity index (χ1v) is 10.1. The van der Waals surface area contributed by atoms with Gasteiger partial charge in [-0.2, -0.15) is 0 Å². The van der Waals surface area contributed by atoms with E-state index in [1.165, 1.54) is 5.56 Å². The molecule has 3 N–H and O–H groups in total. The van der Waals surface area contributed by atoms with Crippen molar-refractivity contribution >= 4 is 28.8 Å². The van der Waals surface area contributed by atoms with E-state index >= 15 is 0 Å². The Morgan fingerprint density at radius 3 is 2.16 bits per heavy atom. The zero-order valence-electron chi connectivity index (χ0n) is 17.6. The van der Waals surface area contributed by atoms with Gasteiger partial charge in [-0.3, -0.25) is 9.36 Å². The van der Waals surface area contributed by atoms with Gasteiger partial charge in [0.25, 0.3) is 5.56 Å². The fourth-order valence-electron chi connectivity index (χ4n) is 3.29. The molecule has 0 spiro atoms. The SMILES string of the molecule is Cc1ccc(-n2c(=O)c(N3CCNCC3)nc3ccccc32)cc1.O=C(O)C=CC(=O)O. The third-order valence-electron chi connectivity index (χ3n) is 4.82. The predicted octanol–water partition coefficient (Wildman–Crippen LogP) is 1.82. The van der Waals surface area contributed by atoms with Crippen molar-refractivity contribution in [1.82, 2.24) is 14.9 Å². The number of hydrogen-bond acceptors (Lipinski definition) is 6. The normalized spacial score (nSPS) is 13.6. The van der Waals surface area contributed by atoms with Crippen LogP contribution in [-0.2, 0) is 9.59 Å². The zero-order chi connectivity index (χ0) is 23.1. The number of para-hydroxylation sites is 2. The van der Waals surface area contributed by atoms with Crippen LogP contribution in [0.15, 0.2) is 65.5 Å². The lowest BCUT2D eigenvalue weighted by Crippen LogP contribution is -2.46. The highest BCUT2D eigenvalue weighted by Gasteiger charge is 2.19. The molecule has 1 fully saturated rings. The maximum absolute atomic E-state index is 13.2. The predicted molar refractivity (Wildman–Crippen MR) is 122 cm³/mol. The van der Waals surface area contributed by atoms with Gasteiger partial charge in [0.2, 0.25) is 0 Å². The number of nitrogens with zero attached hydrogens (tertiary/aromatic N) is 3. The first-order chi connectivity index (χ1) is 15.4. The lowest BCUT2D eigenvalue weighted by Gasteiger charge is -2.28. The molecule has 1 aliphatic rings. The monoisotopic (exact) mass is 436 g/mol. The van der Waals surface area contributed by atoms with E-state index < -0.39 is 11.9 Å². The summed E-state index contributed by atoms with van der Waals surface area (Å²) in [5.41, 5.74) is 3.67. The molecule has 0 unspecified atom stereocenters. The van der Waals surface area contributed by atoms with Crippen LogP contribution >= 0.6 is 0 Å². The number of carboxylic acids is 2. The third kappa shape index (κ3) is 5.58. The Balaban J connectivity index is 0.000000312. The van der Waals surface area contributed by atoms with Gasteiger partial charge in [0.05, 0.1) is 11.0 Å². The summed E-state index contributed by atoms with van der Waals surface area (Å²) in [6.45, 7) is 5.39. The molecule has 0 atom stereocenters. The van der Waals surface area contributed by atoms with Gasteiger partial charge in [0, 0.05) is 44.0 Å². The summed E-state index contributed by atoms with van der Waals surface area (Å²) in [7, 11) is 0. The molecule has 1 aliphatic heterocycles. The molecule has 2 aromatic carbocycles. The van der Waals surface area contributed by atoms with Gasteiger partial charge in [-0.15, -0.1) is 0 Å². The van der Waals surface area contributed by atoms with Crippen molar-refractivity contribution in [3.05, 3.63) is 76.6 Å². The molecule has 9 nitrogen and oxygen atoms in total. The topological polar surface area (TPSA) is 125 Å². The Kier molecular flexibility index (Phi) is 7.35. The summed E-state index contributed by atoms with van der Waals surface area (Å²) in [6, 6.07) is 15.9. The smallest absolute Gasteiger partial charge is 0.328 e. The van der Waals surface area contributed by atoms with Crippen molar-refractivity contribution in [3.8, 4) is 5.69 Å². The van der Waals surface area contributed by atoms with Gasteiger partial charge >= 0.3 is 11.9 Å². The summed E-state index contributed by atoms with van der Waals surface area (Å²) in [5.74, 6) is -1.98. The van der Waals surface area contributed by atoms with E-state index in [1.807, 2.05) is 55.5 Å². The molecule has 4 rings (SSSR count). The third-order valence-corrected chi connectivity index (χ3v) is 4.82. The molecular weight excluding hydrogens is 412 g/mol. The van der Waals surface area contributed by atoms with E-state index in [4.69, 9.17) is 10.2 Å². The van der Waals surface area contributed by atoms with Crippen molar-refractivity contribution in [2.75, 3.05) is 31.1 Å². The van der Waals surface area contributed by atoms with Crippen molar-refractivity contribution in [2.45, 2.75) is 6.92 Å². The van der Waals surface area contributed by atoms with Gasteiger partial charge in [0.15, 0.2) is 5.82 Å². The van der Waals surface area contributed by atoms with Crippen molar-refractivity contribution in [1.29, 1.82) is 0 Å². The van der Waals surface area contributed by atoms with Gasteiger partial charge < -0.3 is 20.4 Å². The number of benzene rings is 2. The van der Waals surface area contributed by atoms with Crippen LogP contribution in [0.5, 0.6) is 0 Å². The average molecular weight is 436 g/mol. The highest BCUT2D eigenvalue weighted by Crippen LogP contribution is 2.19. The van der Waals surface area contributed by atoms with Crippen LogP contribution in [0.25, 0.3) is 16.7 Å². The van der Waals surface area contributed by atoms with Crippen molar-refractivity contribution in [3.63, 3.8) is 0 Å². The highest BCUT2D eigenvalue weighted by molar-refractivity contribution is 5.89. The molecule has 1 aromatic heterocycles. The number of piperazine rings is 1. The molecule has 0 bridgehead atoms. The summed E-state index contributed by atoms with van der Waals surface area (Å²) in [4.78, 5) is 39.1. The minimum atomic E-state index is -1.26. The van der Waals surface area contributed by atoms with Crippen LogP contribution < -0.4 is 15.8 Å². The Morgan fingerprint density at radius 1 is 0.969 bits per heavy atom. The Bertz CT molecular complexity index is 1180. The number of anilines is 1. The minimum Gasteiger partial charge on any atom is -0.478 e. The van der Waals surface area contributed by atoms with Crippen LogP contribution in [0.2, 0.25) is 0 Å². The van der Waals surface area contributed by atoms with Crippen LogP contribution in [0.3, 0.4) is 0 Å². The van der Waals surface area contributed by atoms with Crippen molar-refractivity contribution < 1.29 is 19.8 Å². The summed E-state index contributed by atoms with van der Waals surface area (Å²) >= 11 is 0. The highest BCUT2D eigenvalue weighted by atomic mass is 16.4. The standard InChI is InChI=1S/C19H20N4O.C4H4O4/c1-14-6-8-15(9-7-14)23-17-5-3-2-4-16(17)21-18(19(23)24)22-12-10-20-11-13-22;5-3(6)1-2-4(7)8/h2-9,20H,10-13H2,1H3;1-2H,(H,5,6)(H,7,8). The van der Waals surface area contributed by atoms with Crippen molar-refractivity contribution in [2.24, 2.45) is 0 Å². The number of carboxylic acid groups (broad SMARTS) is 2. The second-order valence-corrected chi connectivity index (χ2v) is 7.15. The Morgan fingerprint density at radius 2 is 1.56 bits per heavy atom. The number of rotatable bonds is 4. The number of carbonyl (C=O) groups is 2. The molecule has 166 valence electrons. The van der Waals surface area contributed by atoms with Crippen LogP contribution in [0.1, 0.15) is 5.56 Å². The fraction of sp³-hybridized carbons (Fsp3) is 0.217. The zero-order valence-corrected chi connectivity index (χ0v) is 17.6. The molecule has 0 aliphatic carbocycles. The second kappa shape index (κ2) is 10.4. The van der Waals surface area contributed by atoms with E-state index in [0.717, 1.165) is 42.9 Å². The summed E-state index contributed by atoms with van der Waals surface area (Å²) in [5, 5.41) is 18.9. The second-order valence-electron chi connectivity index (χ2n) is 7.15. The first-order valence-electron chi connectivity index (χ1n) is 10.1. The molecule has 9 heteroatoms. The van der Waals surface area contributed by atoms with Gasteiger partial charge in [0.1, 0.15) is 0 Å². The maximum Gasteiger partial charge on any atom is 0.328 e. The van der Waals surface area contributed by atoms with Crippen LogP contribution in [0, 0.1) is 6.92 Å². The van der Waals surface area contributed by atoms with E-state index in [0.29, 0.717) is 18.0 Å². The number of aromatic nitrogens is 2. The van der Waals surface area contributed by atoms with Gasteiger partial charge in [-0.1, -0.05) is 29.8 Å². The van der Waals surface area contributed by atoms with Crippen LogP contribution in [-0.4, -0.2) is 57.9 Å². The quantitative estimate of drug-likeness (QED) is 0.529. The van der Waals surface area contributed by atoms with E-state index in [-0.39, 0.29) is 5.56 Å². The summed E-state index contributed by atoms with van der Waals surface area (Å²) < 4.78 is 1.78. The maximum atomic E-state index is 13.2. The van der Waals surface area contributed by atoms with Gasteiger partial charge in [-0.25, -0.2) is 14.6 Å². The van der Waals surface area contributed by atoms with Gasteiger partial charge in [-0.05, 0) is 31.2 Å². The Labute approximate surface area is 184 Å². The minimum absolute atomic E-state index is 0.0561. The molecule has 2 heterocycles. The number of hydrogen-bond donors (Lipinski definition) is 3. The number of aryl methyl sites for hydroxylation is 1. The number of fused-ring (bicyclic) bond motifs is 1. The molecule has 0 saturated carbocycles. The lowest BCUT2D eigenvalue weighted by atomic mass is 10.2. The number of aliphatic carboxylic acids is 2. The molecule has 0 amide bonds. The largest absolute Gasteiger partial charge is 0.478 e. The van der Waals surface area contributed by atoms with Crippen LogP contribution in [0.4, 0.5) is 5.82 Å². The molecule has 1 saturated heterocycles. The average Bonchev–Trinajstić information content (AvgIpc) is 2.79. The van der Waals surface area contributed by atoms with E-state index in [9.17, 15) is 14.4 Å². The number of nitrogens with one attached hydrogen (secondary N) is 1. The van der Waals surface area contributed by atoms with E-state index in [2.05, 4.69) is 15.2 Å². The molecule has 0 radical (unpaired) electrons. The first kappa shape index (κ1) is 22.7. The summed E-state index contributed by atoms with van der Waals surface area (Å²) in [6.07, 6.45) is 1.12. The Hall–Kier alpha value is -3.98. The fourth-order valence-corrected chi connectivity index (χ4v) is 3.29. The van der Waals surface area contributed by atoms with E-state index in [1.54, 1.807) is 4.57 Å². The molecule has 3 aromatic rings. The molecule has 32 heavy (non-hydrogen) atoms.